The van der Waals surface area contributed by atoms with Gasteiger partial charge in [0.2, 0.25) is 11.9 Å². The summed E-state index contributed by atoms with van der Waals surface area (Å²) < 4.78 is 2.62. The number of anilines is 1. The van der Waals surface area contributed by atoms with E-state index in [0.29, 0.717) is 5.95 Å². The summed E-state index contributed by atoms with van der Waals surface area (Å²) >= 11 is 3.38. The van der Waals surface area contributed by atoms with Gasteiger partial charge in [0.1, 0.15) is 6.04 Å². The number of carbonyl (C=O) groups is 1. The van der Waals surface area contributed by atoms with Crippen LogP contribution < -0.4 is 11.5 Å². The first kappa shape index (κ1) is 12.9. The molecule has 0 aliphatic carbocycles. The molecule has 2 rings (SSSR count). The van der Waals surface area contributed by atoms with Gasteiger partial charge in [-0.3, -0.25) is 9.36 Å². The number of benzene rings is 1. The summed E-state index contributed by atoms with van der Waals surface area (Å²) in [7, 11) is 0. The van der Waals surface area contributed by atoms with E-state index in [4.69, 9.17) is 11.5 Å². The van der Waals surface area contributed by atoms with E-state index in [0.717, 1.165) is 15.5 Å². The van der Waals surface area contributed by atoms with Crippen LogP contribution in [0.3, 0.4) is 0 Å². The van der Waals surface area contributed by atoms with Crippen molar-refractivity contribution in [2.45, 2.75) is 19.9 Å². The Morgan fingerprint density at radius 1 is 1.44 bits per heavy atom. The number of halogens is 1. The van der Waals surface area contributed by atoms with E-state index in [-0.39, 0.29) is 5.92 Å². The predicted molar refractivity (Wildman–Crippen MR) is 74.9 cm³/mol. The summed E-state index contributed by atoms with van der Waals surface area (Å²) in [6.07, 6.45) is 0. The van der Waals surface area contributed by atoms with Gasteiger partial charge in [-0.1, -0.05) is 29.8 Å². The number of carbonyl (C=O) groups excluding carboxylic acids is 1. The van der Waals surface area contributed by atoms with Crippen LogP contribution in [0.2, 0.25) is 0 Å². The molecule has 2 aromatic rings. The number of amides is 1. The number of imidazole rings is 1. The van der Waals surface area contributed by atoms with Crippen molar-refractivity contribution >= 4 is 38.8 Å². The topological polar surface area (TPSA) is 86.9 Å². The van der Waals surface area contributed by atoms with Crippen molar-refractivity contribution in [1.29, 1.82) is 0 Å². The van der Waals surface area contributed by atoms with E-state index in [1.54, 1.807) is 4.57 Å². The minimum Gasteiger partial charge on any atom is -0.369 e. The lowest BCUT2D eigenvalue weighted by Crippen LogP contribution is -2.31. The molecule has 0 aliphatic heterocycles. The molecule has 0 spiro atoms. The number of fused-ring (bicyclic) bond motifs is 1. The minimum absolute atomic E-state index is 0.0471. The van der Waals surface area contributed by atoms with Crippen molar-refractivity contribution in [3.63, 3.8) is 0 Å². The summed E-state index contributed by atoms with van der Waals surface area (Å²) in [5.74, 6) is -0.0506. The second-order valence-corrected chi connectivity index (χ2v) is 5.48. The maximum atomic E-state index is 11.6. The monoisotopic (exact) mass is 310 g/mol. The SMILES string of the molecule is CC(C)C(C(N)=O)n1c(N)nc2cc(Br)ccc21. The van der Waals surface area contributed by atoms with Crippen LogP contribution in [-0.4, -0.2) is 15.5 Å². The molecule has 6 heteroatoms. The van der Waals surface area contributed by atoms with Gasteiger partial charge in [0.15, 0.2) is 0 Å². The van der Waals surface area contributed by atoms with Gasteiger partial charge in [0.05, 0.1) is 11.0 Å². The molecule has 1 unspecified atom stereocenters. The molecule has 1 aromatic heterocycles. The molecule has 0 saturated heterocycles. The fraction of sp³-hybridized carbons (Fsp3) is 0.333. The molecular formula is C12H15BrN4O. The quantitative estimate of drug-likeness (QED) is 0.909. The number of nitrogens with zero attached hydrogens (tertiary/aromatic N) is 2. The van der Waals surface area contributed by atoms with Gasteiger partial charge in [-0.2, -0.15) is 0 Å². The summed E-state index contributed by atoms with van der Waals surface area (Å²) in [6.45, 7) is 3.86. The third-order valence-electron chi connectivity index (χ3n) is 2.88. The van der Waals surface area contributed by atoms with Crippen molar-refractivity contribution in [3.8, 4) is 0 Å². The smallest absolute Gasteiger partial charge is 0.240 e. The molecule has 1 atom stereocenters. The highest BCUT2D eigenvalue weighted by Gasteiger charge is 2.25. The van der Waals surface area contributed by atoms with Gasteiger partial charge in [0.25, 0.3) is 0 Å². The van der Waals surface area contributed by atoms with Crippen molar-refractivity contribution in [2.24, 2.45) is 11.7 Å². The Kier molecular flexibility index (Phi) is 3.30. The third-order valence-corrected chi connectivity index (χ3v) is 3.37. The van der Waals surface area contributed by atoms with Gasteiger partial charge >= 0.3 is 0 Å². The molecule has 0 radical (unpaired) electrons. The van der Waals surface area contributed by atoms with Crippen molar-refractivity contribution in [3.05, 3.63) is 22.7 Å². The van der Waals surface area contributed by atoms with E-state index in [1.165, 1.54) is 0 Å². The summed E-state index contributed by atoms with van der Waals surface area (Å²) in [4.78, 5) is 15.9. The highest BCUT2D eigenvalue weighted by Crippen LogP contribution is 2.28. The lowest BCUT2D eigenvalue weighted by atomic mass is 10.0. The summed E-state index contributed by atoms with van der Waals surface area (Å²) in [6, 6.07) is 5.14. The number of hydrogen-bond donors (Lipinski definition) is 2. The lowest BCUT2D eigenvalue weighted by Gasteiger charge is -2.20. The zero-order valence-electron chi connectivity index (χ0n) is 10.2. The lowest BCUT2D eigenvalue weighted by molar-refractivity contribution is -0.122. The Morgan fingerprint density at radius 2 is 2.11 bits per heavy atom. The summed E-state index contributed by atoms with van der Waals surface area (Å²) in [5.41, 5.74) is 12.9. The normalized spacial score (nSPS) is 13.1. The molecule has 0 bridgehead atoms. The Bertz CT molecular complexity index is 605. The third kappa shape index (κ3) is 2.08. The largest absolute Gasteiger partial charge is 0.369 e. The van der Waals surface area contributed by atoms with E-state index in [1.807, 2.05) is 32.0 Å². The number of hydrogen-bond acceptors (Lipinski definition) is 3. The van der Waals surface area contributed by atoms with Crippen molar-refractivity contribution in [1.82, 2.24) is 9.55 Å². The molecule has 0 saturated carbocycles. The number of rotatable bonds is 3. The molecular weight excluding hydrogens is 296 g/mol. The van der Waals surface area contributed by atoms with Gasteiger partial charge in [-0.25, -0.2) is 4.98 Å². The molecule has 4 N–H and O–H groups in total. The number of primary amides is 1. The van der Waals surface area contributed by atoms with Gasteiger partial charge in [-0.05, 0) is 24.1 Å². The van der Waals surface area contributed by atoms with Crippen LogP contribution in [0, 0.1) is 5.92 Å². The van der Waals surface area contributed by atoms with Crippen LogP contribution in [0.25, 0.3) is 11.0 Å². The van der Waals surface area contributed by atoms with E-state index in [9.17, 15) is 4.79 Å². The fourth-order valence-corrected chi connectivity index (χ4v) is 2.49. The van der Waals surface area contributed by atoms with E-state index >= 15 is 0 Å². The molecule has 0 aliphatic rings. The van der Waals surface area contributed by atoms with Gasteiger partial charge in [0, 0.05) is 4.47 Å². The van der Waals surface area contributed by atoms with Crippen molar-refractivity contribution < 1.29 is 4.79 Å². The minimum atomic E-state index is -0.490. The first-order valence-electron chi connectivity index (χ1n) is 5.64. The van der Waals surface area contributed by atoms with Crippen LogP contribution in [0.4, 0.5) is 5.95 Å². The van der Waals surface area contributed by atoms with Gasteiger partial charge < -0.3 is 11.5 Å². The van der Waals surface area contributed by atoms with Crippen LogP contribution in [0.15, 0.2) is 22.7 Å². The molecule has 96 valence electrons. The Balaban J connectivity index is 2.69. The fourth-order valence-electron chi connectivity index (χ4n) is 2.14. The highest BCUT2D eigenvalue weighted by molar-refractivity contribution is 9.10. The van der Waals surface area contributed by atoms with E-state index in [2.05, 4.69) is 20.9 Å². The molecule has 1 aromatic carbocycles. The van der Waals surface area contributed by atoms with Crippen LogP contribution in [0.5, 0.6) is 0 Å². The van der Waals surface area contributed by atoms with Crippen molar-refractivity contribution in [2.75, 3.05) is 5.73 Å². The summed E-state index contributed by atoms with van der Waals surface area (Å²) in [5, 5.41) is 0. The second kappa shape index (κ2) is 4.61. The maximum Gasteiger partial charge on any atom is 0.240 e. The Labute approximate surface area is 113 Å². The van der Waals surface area contributed by atoms with E-state index < -0.39 is 11.9 Å². The highest BCUT2D eigenvalue weighted by atomic mass is 79.9. The number of nitrogens with two attached hydrogens (primary N) is 2. The Hall–Kier alpha value is -1.56. The van der Waals surface area contributed by atoms with Gasteiger partial charge in [-0.15, -0.1) is 0 Å². The standard InChI is InChI=1S/C12H15BrN4O/c1-6(2)10(11(14)18)17-9-4-3-7(13)5-8(9)16-12(17)15/h3-6,10H,1-2H3,(H2,14,18)(H2,15,16). The molecule has 1 amide bonds. The zero-order valence-corrected chi connectivity index (χ0v) is 11.8. The predicted octanol–water partition coefficient (Wildman–Crippen LogP) is 2.06. The Morgan fingerprint density at radius 3 is 2.67 bits per heavy atom. The molecule has 18 heavy (non-hydrogen) atoms. The average Bonchev–Trinajstić information content (AvgIpc) is 2.54. The molecule has 5 nitrogen and oxygen atoms in total. The maximum absolute atomic E-state index is 11.6. The van der Waals surface area contributed by atoms with Crippen LogP contribution in [0.1, 0.15) is 19.9 Å². The average molecular weight is 311 g/mol. The first-order valence-corrected chi connectivity index (χ1v) is 6.43. The number of nitrogen functional groups attached to an aromatic ring is 1. The first-order chi connectivity index (χ1) is 8.41. The van der Waals surface area contributed by atoms with Crippen LogP contribution >= 0.6 is 15.9 Å². The second-order valence-electron chi connectivity index (χ2n) is 4.56. The molecule has 0 fully saturated rings. The molecule has 1 heterocycles. The number of aromatic nitrogens is 2. The zero-order chi connectivity index (χ0) is 13.4. The van der Waals surface area contributed by atoms with Crippen LogP contribution in [-0.2, 0) is 4.79 Å².